The zero-order chi connectivity index (χ0) is 8.39. The van der Waals surface area contributed by atoms with Gasteiger partial charge in [-0.25, -0.2) is 0 Å². The maximum absolute atomic E-state index is 5.41. The van der Waals surface area contributed by atoms with Crippen LogP contribution in [0, 0.1) is 0 Å². The fourth-order valence-electron chi connectivity index (χ4n) is 1.07. The van der Waals surface area contributed by atoms with Crippen LogP contribution in [0.1, 0.15) is 0 Å². The average Bonchev–Trinajstić information content (AvgIpc) is 2.17. The van der Waals surface area contributed by atoms with Crippen LogP contribution in [-0.4, -0.2) is 19.6 Å². The first-order valence-electron chi connectivity index (χ1n) is 3.73. The van der Waals surface area contributed by atoms with Gasteiger partial charge in [0, 0.05) is 7.11 Å². The SMILES string of the molecule is COC1C=Nc2ccccc2O1. The molecule has 1 heterocycles. The second kappa shape index (κ2) is 2.95. The van der Waals surface area contributed by atoms with Gasteiger partial charge in [0.1, 0.15) is 11.4 Å². The van der Waals surface area contributed by atoms with Crippen LogP contribution in [0.15, 0.2) is 29.3 Å². The van der Waals surface area contributed by atoms with Crippen molar-refractivity contribution < 1.29 is 9.47 Å². The molecule has 1 unspecified atom stereocenters. The normalized spacial score (nSPS) is 19.9. The molecule has 1 aliphatic heterocycles. The summed E-state index contributed by atoms with van der Waals surface area (Å²) in [5, 5.41) is 0. The molecule has 0 N–H and O–H groups in total. The number of hydrogen-bond donors (Lipinski definition) is 0. The first-order chi connectivity index (χ1) is 5.90. The molecular weight excluding hydrogens is 154 g/mol. The summed E-state index contributed by atoms with van der Waals surface area (Å²) in [6, 6.07) is 7.61. The molecule has 1 aromatic carbocycles. The molecule has 0 aromatic heterocycles. The lowest BCUT2D eigenvalue weighted by molar-refractivity contribution is 0.00197. The lowest BCUT2D eigenvalue weighted by atomic mass is 10.3. The Hall–Kier alpha value is -1.35. The smallest absolute Gasteiger partial charge is 0.236 e. The summed E-state index contributed by atoms with van der Waals surface area (Å²) in [5.41, 5.74) is 0.853. The Labute approximate surface area is 70.6 Å². The van der Waals surface area contributed by atoms with Crippen LogP contribution < -0.4 is 4.74 Å². The molecule has 2 rings (SSSR count). The molecule has 12 heavy (non-hydrogen) atoms. The van der Waals surface area contributed by atoms with Crippen LogP contribution in [0.5, 0.6) is 5.75 Å². The molecule has 62 valence electrons. The maximum atomic E-state index is 5.41. The number of ether oxygens (including phenoxy) is 2. The Morgan fingerprint density at radius 2 is 2.25 bits per heavy atom. The number of fused-ring (bicyclic) bond motifs is 1. The van der Waals surface area contributed by atoms with Crippen molar-refractivity contribution in [1.29, 1.82) is 0 Å². The fourth-order valence-corrected chi connectivity index (χ4v) is 1.07. The monoisotopic (exact) mass is 163 g/mol. The van der Waals surface area contributed by atoms with Crippen molar-refractivity contribution in [3.63, 3.8) is 0 Å². The Balaban J connectivity index is 2.33. The second-order valence-electron chi connectivity index (χ2n) is 2.47. The van der Waals surface area contributed by atoms with E-state index in [1.807, 2.05) is 24.3 Å². The summed E-state index contributed by atoms with van der Waals surface area (Å²) in [7, 11) is 1.59. The van der Waals surface area contributed by atoms with E-state index in [1.165, 1.54) is 0 Å². The van der Waals surface area contributed by atoms with Crippen LogP contribution in [0.25, 0.3) is 0 Å². The molecule has 0 amide bonds. The highest BCUT2D eigenvalue weighted by Gasteiger charge is 2.13. The largest absolute Gasteiger partial charge is 0.457 e. The van der Waals surface area contributed by atoms with Gasteiger partial charge >= 0.3 is 0 Å². The van der Waals surface area contributed by atoms with Crippen molar-refractivity contribution in [2.75, 3.05) is 7.11 Å². The Morgan fingerprint density at radius 1 is 1.42 bits per heavy atom. The number of aliphatic imine (C=N–C) groups is 1. The van der Waals surface area contributed by atoms with Crippen molar-refractivity contribution in [3.05, 3.63) is 24.3 Å². The van der Waals surface area contributed by atoms with Crippen molar-refractivity contribution in [2.24, 2.45) is 4.99 Å². The van der Waals surface area contributed by atoms with Crippen molar-refractivity contribution in [3.8, 4) is 5.75 Å². The highest BCUT2D eigenvalue weighted by molar-refractivity contribution is 5.72. The third-order valence-corrected chi connectivity index (χ3v) is 1.68. The minimum absolute atomic E-state index is 0.347. The van der Waals surface area contributed by atoms with Gasteiger partial charge in [0.25, 0.3) is 0 Å². The standard InChI is InChI=1S/C9H9NO2/c1-11-9-6-10-7-4-2-3-5-8(7)12-9/h2-6,9H,1H3. The zero-order valence-electron chi connectivity index (χ0n) is 6.73. The number of para-hydroxylation sites is 2. The fraction of sp³-hybridized carbons (Fsp3) is 0.222. The Bertz CT molecular complexity index is 309. The van der Waals surface area contributed by atoms with Gasteiger partial charge in [-0.1, -0.05) is 12.1 Å². The molecule has 0 saturated heterocycles. The van der Waals surface area contributed by atoms with E-state index in [4.69, 9.17) is 9.47 Å². The molecule has 0 fully saturated rings. The number of hydrogen-bond acceptors (Lipinski definition) is 3. The topological polar surface area (TPSA) is 30.8 Å². The van der Waals surface area contributed by atoms with Crippen molar-refractivity contribution in [2.45, 2.75) is 6.29 Å². The van der Waals surface area contributed by atoms with E-state index in [2.05, 4.69) is 4.99 Å². The van der Waals surface area contributed by atoms with Gasteiger partial charge in [0.05, 0.1) is 6.21 Å². The summed E-state index contributed by atoms with van der Waals surface area (Å²) >= 11 is 0. The van der Waals surface area contributed by atoms with Crippen molar-refractivity contribution in [1.82, 2.24) is 0 Å². The summed E-state index contributed by atoms with van der Waals surface area (Å²) in [6.07, 6.45) is 1.29. The van der Waals surface area contributed by atoms with Gasteiger partial charge in [-0.3, -0.25) is 4.99 Å². The van der Waals surface area contributed by atoms with E-state index in [0.29, 0.717) is 0 Å². The molecular formula is C9H9NO2. The predicted octanol–water partition coefficient (Wildman–Crippen LogP) is 1.75. The van der Waals surface area contributed by atoms with Gasteiger partial charge in [0.15, 0.2) is 0 Å². The predicted molar refractivity (Wildman–Crippen MR) is 46.0 cm³/mol. The molecule has 0 radical (unpaired) electrons. The van der Waals surface area contributed by atoms with Crippen molar-refractivity contribution >= 4 is 11.9 Å². The van der Waals surface area contributed by atoms with E-state index in [0.717, 1.165) is 11.4 Å². The van der Waals surface area contributed by atoms with Crippen LogP contribution in [0.4, 0.5) is 5.69 Å². The van der Waals surface area contributed by atoms with E-state index < -0.39 is 0 Å². The van der Waals surface area contributed by atoms with Crippen LogP contribution >= 0.6 is 0 Å². The van der Waals surface area contributed by atoms with E-state index in [-0.39, 0.29) is 6.29 Å². The molecule has 3 heteroatoms. The molecule has 0 bridgehead atoms. The summed E-state index contributed by atoms with van der Waals surface area (Å²) in [4.78, 5) is 4.17. The Morgan fingerprint density at radius 3 is 3.08 bits per heavy atom. The van der Waals surface area contributed by atoms with E-state index in [1.54, 1.807) is 13.3 Å². The van der Waals surface area contributed by atoms with Crippen LogP contribution in [-0.2, 0) is 4.74 Å². The third kappa shape index (κ3) is 1.19. The minimum Gasteiger partial charge on any atom is -0.457 e. The van der Waals surface area contributed by atoms with Crippen LogP contribution in [0.3, 0.4) is 0 Å². The number of benzene rings is 1. The molecule has 1 atom stereocenters. The van der Waals surface area contributed by atoms with Gasteiger partial charge in [-0.15, -0.1) is 0 Å². The van der Waals surface area contributed by atoms with Gasteiger partial charge < -0.3 is 9.47 Å². The number of methoxy groups -OCH3 is 1. The molecule has 0 aliphatic carbocycles. The van der Waals surface area contributed by atoms with Gasteiger partial charge in [-0.05, 0) is 12.1 Å². The van der Waals surface area contributed by atoms with E-state index >= 15 is 0 Å². The summed E-state index contributed by atoms with van der Waals surface area (Å²) in [6.45, 7) is 0. The van der Waals surface area contributed by atoms with Gasteiger partial charge in [-0.2, -0.15) is 0 Å². The highest BCUT2D eigenvalue weighted by atomic mass is 16.7. The van der Waals surface area contributed by atoms with E-state index in [9.17, 15) is 0 Å². The first kappa shape index (κ1) is 7.31. The van der Waals surface area contributed by atoms with Gasteiger partial charge in [0.2, 0.25) is 6.29 Å². The maximum Gasteiger partial charge on any atom is 0.236 e. The highest BCUT2D eigenvalue weighted by Crippen LogP contribution is 2.29. The molecule has 1 aliphatic rings. The minimum atomic E-state index is -0.347. The second-order valence-corrected chi connectivity index (χ2v) is 2.47. The first-order valence-corrected chi connectivity index (χ1v) is 3.73. The Kier molecular flexibility index (Phi) is 1.80. The lowest BCUT2D eigenvalue weighted by Gasteiger charge is -2.18. The zero-order valence-corrected chi connectivity index (χ0v) is 6.73. The molecule has 0 saturated carbocycles. The lowest BCUT2D eigenvalue weighted by Crippen LogP contribution is -2.22. The molecule has 3 nitrogen and oxygen atoms in total. The van der Waals surface area contributed by atoms with Crippen LogP contribution in [0.2, 0.25) is 0 Å². The summed E-state index contributed by atoms with van der Waals surface area (Å²) < 4.78 is 10.4. The third-order valence-electron chi connectivity index (χ3n) is 1.68. The number of nitrogens with zero attached hydrogens (tertiary/aromatic N) is 1. The molecule has 1 aromatic rings. The summed E-state index contributed by atoms with van der Waals surface area (Å²) in [5.74, 6) is 0.770. The quantitative estimate of drug-likeness (QED) is 0.631. The average molecular weight is 163 g/mol. The number of rotatable bonds is 1. The molecule has 0 spiro atoms.